The van der Waals surface area contributed by atoms with Gasteiger partial charge in [0.15, 0.2) is 11.9 Å². The Morgan fingerprint density at radius 2 is 1.89 bits per heavy atom. The van der Waals surface area contributed by atoms with Gasteiger partial charge in [0.1, 0.15) is 5.76 Å². The van der Waals surface area contributed by atoms with E-state index in [-0.39, 0.29) is 11.5 Å². The molecule has 0 saturated carbocycles. The molecule has 0 amide bonds. The highest BCUT2D eigenvalue weighted by molar-refractivity contribution is 5.99. The van der Waals surface area contributed by atoms with Gasteiger partial charge in [-0.1, -0.05) is 0 Å². The molecular weight excluding hydrogens is 230 g/mol. The van der Waals surface area contributed by atoms with Crippen molar-refractivity contribution in [3.63, 3.8) is 0 Å². The molecule has 0 aliphatic rings. The maximum Gasteiger partial charge on any atom is 0.199 e. The van der Waals surface area contributed by atoms with E-state index in [1.54, 1.807) is 24.3 Å². The van der Waals surface area contributed by atoms with Crippen molar-refractivity contribution in [3.8, 4) is 0 Å². The van der Waals surface area contributed by atoms with E-state index in [2.05, 4.69) is 0 Å². The topological polar surface area (TPSA) is 53.7 Å². The van der Waals surface area contributed by atoms with Crippen LogP contribution in [0, 0.1) is 0 Å². The number of hydrogen-bond acceptors (Lipinski definition) is 4. The molecule has 18 heavy (non-hydrogen) atoms. The highest BCUT2D eigenvalue weighted by Crippen LogP contribution is 2.20. The minimum Gasteiger partial charge on any atom is -0.466 e. The third-order valence-corrected chi connectivity index (χ3v) is 2.73. The maximum atomic E-state index is 12.0. The number of carbonyl (C=O) groups excluding carboxylic acids is 1. The van der Waals surface area contributed by atoms with Crippen molar-refractivity contribution in [1.29, 1.82) is 0 Å². The molecule has 2 aromatic rings. The zero-order valence-electron chi connectivity index (χ0n) is 10.3. The van der Waals surface area contributed by atoms with E-state index >= 15 is 0 Å². The number of hydrogen-bond donors (Lipinski definition) is 1. The van der Waals surface area contributed by atoms with Crippen LogP contribution in [-0.2, 0) is 0 Å². The van der Waals surface area contributed by atoms with Crippen LogP contribution in [0.4, 0.5) is 5.69 Å². The first-order chi connectivity index (χ1) is 8.59. The molecule has 1 aromatic heterocycles. The number of rotatable bonds is 4. The first-order valence-electron chi connectivity index (χ1n) is 5.62. The Bertz CT molecular complexity index is 514. The fourth-order valence-corrected chi connectivity index (χ4v) is 1.66. The molecule has 0 saturated heterocycles. The summed E-state index contributed by atoms with van der Waals surface area (Å²) in [4.78, 5) is 13.9. The summed E-state index contributed by atoms with van der Waals surface area (Å²) >= 11 is 0. The summed E-state index contributed by atoms with van der Waals surface area (Å²) in [5.41, 5.74) is 1.46. The highest BCUT2D eigenvalue weighted by Gasteiger charge is 2.21. The summed E-state index contributed by atoms with van der Waals surface area (Å²) in [6.07, 6.45) is 0.186. The number of furan rings is 1. The molecule has 0 spiro atoms. The summed E-state index contributed by atoms with van der Waals surface area (Å²) in [7, 11) is 3.85. The lowest BCUT2D eigenvalue weighted by Crippen LogP contribution is -2.12. The van der Waals surface area contributed by atoms with E-state index < -0.39 is 6.10 Å². The van der Waals surface area contributed by atoms with Crippen molar-refractivity contribution < 1.29 is 14.3 Å². The smallest absolute Gasteiger partial charge is 0.199 e. The average molecular weight is 245 g/mol. The lowest BCUT2D eigenvalue weighted by molar-refractivity contribution is 0.0703. The Morgan fingerprint density at radius 3 is 2.39 bits per heavy atom. The molecule has 0 bridgehead atoms. The van der Waals surface area contributed by atoms with Crippen LogP contribution in [0.15, 0.2) is 47.1 Å². The summed E-state index contributed by atoms with van der Waals surface area (Å²) < 4.78 is 5.02. The summed E-state index contributed by atoms with van der Waals surface area (Å²) in [5, 5.41) is 9.86. The van der Waals surface area contributed by atoms with Crippen LogP contribution in [0.25, 0.3) is 0 Å². The highest BCUT2D eigenvalue weighted by atomic mass is 16.4. The molecule has 1 atom stereocenters. The van der Waals surface area contributed by atoms with Gasteiger partial charge in [0, 0.05) is 25.3 Å². The molecule has 1 heterocycles. The standard InChI is InChI=1S/C14H15NO3/c1-15(2)11-7-5-10(6-8-11)13(16)14(17)12-4-3-9-18-12/h3-9,14,17H,1-2H3/t14-/m0/s1. The lowest BCUT2D eigenvalue weighted by Gasteiger charge is -2.13. The van der Waals surface area contributed by atoms with Crippen molar-refractivity contribution in [2.24, 2.45) is 0 Å². The van der Waals surface area contributed by atoms with Gasteiger partial charge in [-0.05, 0) is 36.4 Å². The zero-order chi connectivity index (χ0) is 13.1. The van der Waals surface area contributed by atoms with Gasteiger partial charge < -0.3 is 14.4 Å². The molecule has 2 rings (SSSR count). The molecule has 0 aliphatic carbocycles. The van der Waals surface area contributed by atoms with Crippen LogP contribution >= 0.6 is 0 Å². The number of nitrogens with zero attached hydrogens (tertiary/aromatic N) is 1. The average Bonchev–Trinajstić information content (AvgIpc) is 2.91. The number of Topliss-reactive ketones (excluding diaryl/α,β-unsaturated/α-hetero) is 1. The Hall–Kier alpha value is -2.07. The predicted octanol–water partition coefficient (Wildman–Crippen LogP) is 2.26. The van der Waals surface area contributed by atoms with Gasteiger partial charge in [-0.25, -0.2) is 0 Å². The molecule has 0 radical (unpaired) electrons. The third-order valence-electron chi connectivity index (χ3n) is 2.73. The second-order valence-corrected chi connectivity index (χ2v) is 4.22. The van der Waals surface area contributed by atoms with Crippen molar-refractivity contribution in [3.05, 3.63) is 54.0 Å². The Morgan fingerprint density at radius 1 is 1.22 bits per heavy atom. The van der Waals surface area contributed by atoms with Crippen LogP contribution in [0.2, 0.25) is 0 Å². The second kappa shape index (κ2) is 5.06. The number of aliphatic hydroxyl groups excluding tert-OH is 1. The van der Waals surface area contributed by atoms with Crippen molar-refractivity contribution >= 4 is 11.5 Å². The van der Waals surface area contributed by atoms with Crippen molar-refractivity contribution in [2.75, 3.05) is 19.0 Å². The van der Waals surface area contributed by atoms with E-state index in [0.29, 0.717) is 5.56 Å². The molecule has 94 valence electrons. The van der Waals surface area contributed by atoms with Crippen LogP contribution in [0.1, 0.15) is 22.2 Å². The first-order valence-corrected chi connectivity index (χ1v) is 5.62. The molecule has 1 N–H and O–H groups in total. The fraction of sp³-hybridized carbons (Fsp3) is 0.214. The van der Waals surface area contributed by atoms with Crippen LogP contribution in [0.3, 0.4) is 0 Å². The fourth-order valence-electron chi connectivity index (χ4n) is 1.66. The van der Waals surface area contributed by atoms with E-state index in [4.69, 9.17) is 4.42 Å². The molecule has 4 nitrogen and oxygen atoms in total. The van der Waals surface area contributed by atoms with Crippen LogP contribution in [0.5, 0.6) is 0 Å². The van der Waals surface area contributed by atoms with E-state index in [0.717, 1.165) is 5.69 Å². The van der Waals surface area contributed by atoms with Crippen LogP contribution in [-0.4, -0.2) is 25.0 Å². The largest absolute Gasteiger partial charge is 0.466 e. The number of benzene rings is 1. The Labute approximate surface area is 105 Å². The van der Waals surface area contributed by atoms with E-state index in [1.807, 2.05) is 31.1 Å². The Kier molecular flexibility index (Phi) is 3.48. The van der Waals surface area contributed by atoms with Crippen molar-refractivity contribution in [1.82, 2.24) is 0 Å². The SMILES string of the molecule is CN(C)c1ccc(C(=O)[C@@H](O)c2ccco2)cc1. The molecular formula is C14H15NO3. The summed E-state index contributed by atoms with van der Waals surface area (Å²) in [5.74, 6) is -0.105. The first kappa shape index (κ1) is 12.4. The van der Waals surface area contributed by atoms with Gasteiger partial charge in [0.2, 0.25) is 0 Å². The number of aliphatic hydroxyl groups is 1. The van der Waals surface area contributed by atoms with Gasteiger partial charge in [0.25, 0.3) is 0 Å². The van der Waals surface area contributed by atoms with E-state index in [1.165, 1.54) is 6.26 Å². The van der Waals surface area contributed by atoms with Gasteiger partial charge in [-0.3, -0.25) is 4.79 Å². The minimum atomic E-state index is -1.25. The second-order valence-electron chi connectivity index (χ2n) is 4.22. The third kappa shape index (κ3) is 2.43. The quantitative estimate of drug-likeness (QED) is 0.839. The summed E-state index contributed by atoms with van der Waals surface area (Å²) in [6.45, 7) is 0. The van der Waals surface area contributed by atoms with Crippen LogP contribution < -0.4 is 4.90 Å². The molecule has 4 heteroatoms. The predicted molar refractivity (Wildman–Crippen MR) is 68.8 cm³/mol. The molecule has 0 fully saturated rings. The lowest BCUT2D eigenvalue weighted by atomic mass is 10.0. The number of anilines is 1. The molecule has 1 aromatic carbocycles. The Balaban J connectivity index is 2.19. The van der Waals surface area contributed by atoms with Gasteiger partial charge in [-0.2, -0.15) is 0 Å². The van der Waals surface area contributed by atoms with Crippen molar-refractivity contribution in [2.45, 2.75) is 6.10 Å². The zero-order valence-corrected chi connectivity index (χ0v) is 10.3. The normalized spacial score (nSPS) is 12.2. The number of carbonyl (C=O) groups is 1. The number of ketones is 1. The van der Waals surface area contributed by atoms with E-state index in [9.17, 15) is 9.90 Å². The molecule has 0 unspecified atom stereocenters. The summed E-state index contributed by atoms with van der Waals surface area (Å²) in [6, 6.07) is 10.3. The minimum absolute atomic E-state index is 0.261. The van der Waals surface area contributed by atoms with Gasteiger partial charge >= 0.3 is 0 Å². The monoisotopic (exact) mass is 245 g/mol. The molecule has 0 aliphatic heterocycles. The van der Waals surface area contributed by atoms with Gasteiger partial charge in [0.05, 0.1) is 6.26 Å². The van der Waals surface area contributed by atoms with Gasteiger partial charge in [-0.15, -0.1) is 0 Å². The maximum absolute atomic E-state index is 12.0.